The van der Waals surface area contributed by atoms with Gasteiger partial charge in [-0.25, -0.2) is 4.39 Å². The van der Waals surface area contributed by atoms with Gasteiger partial charge < -0.3 is 16.0 Å². The molecule has 23 heavy (non-hydrogen) atoms. The molecule has 0 bridgehead atoms. The molecule has 2 aromatic rings. The van der Waals surface area contributed by atoms with E-state index >= 15 is 0 Å². The Labute approximate surface area is 133 Å². The van der Waals surface area contributed by atoms with E-state index in [-0.39, 0.29) is 24.2 Å². The zero-order chi connectivity index (χ0) is 16.7. The molecule has 2 rings (SSSR count). The molecule has 0 fully saturated rings. The van der Waals surface area contributed by atoms with Crippen LogP contribution < -0.4 is 16.0 Å². The second kappa shape index (κ2) is 7.93. The molecule has 0 saturated heterocycles. The fraction of sp³-hybridized carbons (Fsp3) is 0.176. The molecule has 6 heteroatoms. The van der Waals surface area contributed by atoms with E-state index in [0.717, 1.165) is 0 Å². The monoisotopic (exact) mass is 315 g/mol. The molecule has 0 radical (unpaired) electrons. The highest BCUT2D eigenvalue weighted by Gasteiger charge is 2.07. The third-order valence-corrected chi connectivity index (χ3v) is 3.04. The number of anilines is 2. The minimum Gasteiger partial charge on any atom is -0.376 e. The summed E-state index contributed by atoms with van der Waals surface area (Å²) >= 11 is 0. The molecule has 2 aromatic carbocycles. The van der Waals surface area contributed by atoms with Crippen molar-refractivity contribution in [1.29, 1.82) is 0 Å². The van der Waals surface area contributed by atoms with Gasteiger partial charge >= 0.3 is 0 Å². The van der Waals surface area contributed by atoms with Gasteiger partial charge in [0, 0.05) is 23.5 Å². The van der Waals surface area contributed by atoms with Crippen molar-refractivity contribution < 1.29 is 14.0 Å². The van der Waals surface area contributed by atoms with Crippen molar-refractivity contribution in [3.8, 4) is 0 Å². The normalized spacial score (nSPS) is 10.0. The van der Waals surface area contributed by atoms with Crippen molar-refractivity contribution in [3.63, 3.8) is 0 Å². The molecule has 0 saturated carbocycles. The SMILES string of the molecule is CCNC(=O)c1cccc(NC(=O)CNc2ccc(F)cc2)c1. The van der Waals surface area contributed by atoms with Crippen molar-refractivity contribution >= 4 is 23.2 Å². The highest BCUT2D eigenvalue weighted by atomic mass is 19.1. The van der Waals surface area contributed by atoms with Crippen LogP contribution in [0.2, 0.25) is 0 Å². The van der Waals surface area contributed by atoms with Gasteiger partial charge in [0.25, 0.3) is 5.91 Å². The summed E-state index contributed by atoms with van der Waals surface area (Å²) in [5.74, 6) is -0.780. The third-order valence-electron chi connectivity index (χ3n) is 3.04. The molecular formula is C17H18FN3O2. The lowest BCUT2D eigenvalue weighted by atomic mass is 10.2. The Morgan fingerprint density at radius 2 is 1.78 bits per heavy atom. The Balaban J connectivity index is 1.91. The number of hydrogen-bond donors (Lipinski definition) is 3. The molecule has 5 nitrogen and oxygen atoms in total. The smallest absolute Gasteiger partial charge is 0.251 e. The number of halogens is 1. The summed E-state index contributed by atoms with van der Waals surface area (Å²) in [5.41, 5.74) is 1.67. The average molecular weight is 315 g/mol. The summed E-state index contributed by atoms with van der Waals surface area (Å²) in [7, 11) is 0. The van der Waals surface area contributed by atoms with Gasteiger partial charge in [0.2, 0.25) is 5.91 Å². The van der Waals surface area contributed by atoms with Crippen LogP contribution in [0.3, 0.4) is 0 Å². The van der Waals surface area contributed by atoms with E-state index < -0.39 is 0 Å². The van der Waals surface area contributed by atoms with Crippen LogP contribution in [-0.4, -0.2) is 24.9 Å². The van der Waals surface area contributed by atoms with E-state index in [1.54, 1.807) is 36.4 Å². The first-order chi connectivity index (χ1) is 11.1. The fourth-order valence-electron chi connectivity index (χ4n) is 1.96. The number of hydrogen-bond acceptors (Lipinski definition) is 3. The third kappa shape index (κ3) is 5.10. The standard InChI is InChI=1S/C17H18FN3O2/c1-2-19-17(23)12-4-3-5-15(10-12)21-16(22)11-20-14-8-6-13(18)7-9-14/h3-10,20H,2,11H2,1H3,(H,19,23)(H,21,22). The van der Waals surface area contributed by atoms with Gasteiger partial charge in [0.15, 0.2) is 0 Å². The van der Waals surface area contributed by atoms with Crippen molar-refractivity contribution in [1.82, 2.24) is 5.32 Å². The van der Waals surface area contributed by atoms with Crippen LogP contribution in [0.15, 0.2) is 48.5 Å². The first-order valence-corrected chi connectivity index (χ1v) is 7.26. The maximum atomic E-state index is 12.8. The molecule has 0 aliphatic carbocycles. The lowest BCUT2D eigenvalue weighted by molar-refractivity contribution is -0.114. The van der Waals surface area contributed by atoms with Gasteiger partial charge in [-0.05, 0) is 49.4 Å². The zero-order valence-corrected chi connectivity index (χ0v) is 12.7. The van der Waals surface area contributed by atoms with Crippen LogP contribution in [0.25, 0.3) is 0 Å². The van der Waals surface area contributed by atoms with E-state index in [4.69, 9.17) is 0 Å². The Morgan fingerprint density at radius 3 is 2.48 bits per heavy atom. The van der Waals surface area contributed by atoms with Crippen molar-refractivity contribution in [2.24, 2.45) is 0 Å². The molecule has 0 heterocycles. The minimum atomic E-state index is -0.331. The van der Waals surface area contributed by atoms with Crippen LogP contribution in [-0.2, 0) is 4.79 Å². The molecule has 2 amide bonds. The van der Waals surface area contributed by atoms with E-state index in [1.165, 1.54) is 12.1 Å². The Kier molecular flexibility index (Phi) is 5.68. The van der Waals surface area contributed by atoms with E-state index in [9.17, 15) is 14.0 Å². The predicted molar refractivity (Wildman–Crippen MR) is 88.0 cm³/mol. The summed E-state index contributed by atoms with van der Waals surface area (Å²) in [6, 6.07) is 12.4. The second-order valence-electron chi connectivity index (χ2n) is 4.85. The Hall–Kier alpha value is -2.89. The average Bonchev–Trinajstić information content (AvgIpc) is 2.55. The minimum absolute atomic E-state index is 0.0387. The van der Waals surface area contributed by atoms with Crippen molar-refractivity contribution in [2.75, 3.05) is 23.7 Å². The van der Waals surface area contributed by atoms with Crippen LogP contribution in [0.4, 0.5) is 15.8 Å². The van der Waals surface area contributed by atoms with Crippen molar-refractivity contribution in [2.45, 2.75) is 6.92 Å². The number of carbonyl (C=O) groups excluding carboxylic acids is 2. The van der Waals surface area contributed by atoms with Gasteiger partial charge in [-0.3, -0.25) is 9.59 Å². The van der Waals surface area contributed by atoms with Crippen LogP contribution in [0, 0.1) is 5.82 Å². The number of amides is 2. The highest BCUT2D eigenvalue weighted by Crippen LogP contribution is 2.11. The summed E-state index contributed by atoms with van der Waals surface area (Å²) in [6.45, 7) is 2.42. The van der Waals surface area contributed by atoms with Gasteiger partial charge in [0.1, 0.15) is 5.82 Å². The number of nitrogens with one attached hydrogen (secondary N) is 3. The molecule has 0 aliphatic heterocycles. The Morgan fingerprint density at radius 1 is 1.04 bits per heavy atom. The van der Waals surface area contributed by atoms with Gasteiger partial charge in [-0.1, -0.05) is 6.07 Å². The summed E-state index contributed by atoms with van der Waals surface area (Å²) < 4.78 is 12.8. The van der Waals surface area contributed by atoms with E-state index in [1.807, 2.05) is 6.92 Å². The molecule has 0 unspecified atom stereocenters. The fourth-order valence-corrected chi connectivity index (χ4v) is 1.96. The van der Waals surface area contributed by atoms with Crippen LogP contribution in [0.5, 0.6) is 0 Å². The number of benzene rings is 2. The summed E-state index contributed by atoms with van der Waals surface area (Å²) in [4.78, 5) is 23.7. The largest absolute Gasteiger partial charge is 0.376 e. The summed E-state index contributed by atoms with van der Waals surface area (Å²) in [5, 5.41) is 8.30. The van der Waals surface area contributed by atoms with Gasteiger partial charge in [-0.2, -0.15) is 0 Å². The molecule has 0 spiro atoms. The molecular weight excluding hydrogens is 297 g/mol. The topological polar surface area (TPSA) is 70.2 Å². The first kappa shape index (κ1) is 16.5. The lowest BCUT2D eigenvalue weighted by Gasteiger charge is -2.09. The first-order valence-electron chi connectivity index (χ1n) is 7.26. The quantitative estimate of drug-likeness (QED) is 0.767. The van der Waals surface area contributed by atoms with E-state index in [2.05, 4.69) is 16.0 Å². The maximum Gasteiger partial charge on any atom is 0.251 e. The maximum absolute atomic E-state index is 12.8. The van der Waals surface area contributed by atoms with Gasteiger partial charge in [0.05, 0.1) is 6.54 Å². The second-order valence-corrected chi connectivity index (χ2v) is 4.85. The summed E-state index contributed by atoms with van der Waals surface area (Å²) in [6.07, 6.45) is 0. The lowest BCUT2D eigenvalue weighted by Crippen LogP contribution is -2.24. The molecule has 0 atom stereocenters. The molecule has 3 N–H and O–H groups in total. The number of carbonyl (C=O) groups is 2. The molecule has 0 aromatic heterocycles. The highest BCUT2D eigenvalue weighted by molar-refractivity contribution is 5.98. The van der Waals surface area contributed by atoms with Crippen LogP contribution >= 0.6 is 0 Å². The van der Waals surface area contributed by atoms with Crippen LogP contribution in [0.1, 0.15) is 17.3 Å². The molecule has 120 valence electrons. The molecule has 0 aliphatic rings. The van der Waals surface area contributed by atoms with Gasteiger partial charge in [-0.15, -0.1) is 0 Å². The van der Waals surface area contributed by atoms with E-state index in [0.29, 0.717) is 23.5 Å². The van der Waals surface area contributed by atoms with Crippen molar-refractivity contribution in [3.05, 3.63) is 59.9 Å². The Bertz CT molecular complexity index is 686. The zero-order valence-electron chi connectivity index (χ0n) is 12.7. The predicted octanol–water partition coefficient (Wildman–Crippen LogP) is 2.63. The number of rotatable bonds is 6.